The van der Waals surface area contributed by atoms with Gasteiger partial charge in [0.15, 0.2) is 5.69 Å². The fourth-order valence-electron chi connectivity index (χ4n) is 2.65. The lowest BCUT2D eigenvalue weighted by Gasteiger charge is -2.19. The first kappa shape index (κ1) is 14.8. The molecule has 0 radical (unpaired) electrons. The van der Waals surface area contributed by atoms with Crippen molar-refractivity contribution in [3.8, 4) is 0 Å². The van der Waals surface area contributed by atoms with Crippen LogP contribution in [0.2, 0.25) is 0 Å². The molecule has 0 spiro atoms. The molecule has 3 rings (SSSR count). The number of pyridine rings is 1. The molecule has 0 N–H and O–H groups in total. The van der Waals surface area contributed by atoms with Gasteiger partial charge in [-0.1, -0.05) is 6.07 Å². The third-order valence-electron chi connectivity index (χ3n) is 3.68. The number of rotatable bonds is 5. The van der Waals surface area contributed by atoms with Crippen LogP contribution in [-0.4, -0.2) is 21.6 Å². The standard InChI is InChI=1S/C15H16F2N4O/c1-18-21-14(12-7-2-3-8-13(12)20-21)15(16,17)22-10-11-6-4-5-9-19-11/h4-6,9H,1-3,7-8,10H2. The summed E-state index contributed by atoms with van der Waals surface area (Å²) in [5.74, 6) is 0. The summed E-state index contributed by atoms with van der Waals surface area (Å²) >= 11 is 0. The van der Waals surface area contributed by atoms with Crippen molar-refractivity contribution in [2.24, 2.45) is 5.10 Å². The smallest absolute Gasteiger partial charge is 0.309 e. The molecule has 0 unspecified atom stereocenters. The van der Waals surface area contributed by atoms with Gasteiger partial charge in [0, 0.05) is 18.5 Å². The van der Waals surface area contributed by atoms with Crippen molar-refractivity contribution in [3.05, 3.63) is 47.0 Å². The molecule has 22 heavy (non-hydrogen) atoms. The molecule has 2 heterocycles. The molecule has 0 atom stereocenters. The van der Waals surface area contributed by atoms with Crippen LogP contribution in [0.4, 0.5) is 8.78 Å². The molecule has 0 fully saturated rings. The van der Waals surface area contributed by atoms with E-state index in [2.05, 4.69) is 21.9 Å². The molecule has 0 amide bonds. The summed E-state index contributed by atoms with van der Waals surface area (Å²) in [5.41, 5.74) is 1.32. The second-order valence-corrected chi connectivity index (χ2v) is 5.14. The first-order chi connectivity index (χ1) is 10.6. The van der Waals surface area contributed by atoms with Crippen molar-refractivity contribution >= 4 is 6.72 Å². The highest BCUT2D eigenvalue weighted by Crippen LogP contribution is 2.36. The first-order valence-corrected chi connectivity index (χ1v) is 7.12. The Morgan fingerprint density at radius 3 is 2.86 bits per heavy atom. The molecular weight excluding hydrogens is 290 g/mol. The average Bonchev–Trinajstić information content (AvgIpc) is 2.93. The van der Waals surface area contributed by atoms with Crippen molar-refractivity contribution < 1.29 is 13.5 Å². The molecule has 2 aromatic rings. The average molecular weight is 306 g/mol. The van der Waals surface area contributed by atoms with E-state index in [0.717, 1.165) is 17.6 Å². The zero-order valence-corrected chi connectivity index (χ0v) is 12.0. The van der Waals surface area contributed by atoms with Crippen LogP contribution in [0.15, 0.2) is 29.5 Å². The fourth-order valence-corrected chi connectivity index (χ4v) is 2.65. The van der Waals surface area contributed by atoms with Crippen LogP contribution in [0.25, 0.3) is 0 Å². The minimum Gasteiger partial charge on any atom is -0.309 e. The Morgan fingerprint density at radius 2 is 2.14 bits per heavy atom. The van der Waals surface area contributed by atoms with Crippen molar-refractivity contribution in [2.75, 3.05) is 0 Å². The van der Waals surface area contributed by atoms with Crippen LogP contribution in [0.1, 0.15) is 35.5 Å². The number of hydrogen-bond donors (Lipinski definition) is 0. The predicted molar refractivity (Wildman–Crippen MR) is 76.7 cm³/mol. The van der Waals surface area contributed by atoms with Crippen LogP contribution >= 0.6 is 0 Å². The first-order valence-electron chi connectivity index (χ1n) is 7.12. The van der Waals surface area contributed by atoms with E-state index in [4.69, 9.17) is 4.74 Å². The largest absolute Gasteiger partial charge is 0.402 e. The van der Waals surface area contributed by atoms with Gasteiger partial charge in [-0.3, -0.25) is 4.98 Å². The molecule has 0 bridgehead atoms. The summed E-state index contributed by atoms with van der Waals surface area (Å²) < 4.78 is 33.8. The van der Waals surface area contributed by atoms with Gasteiger partial charge in [0.25, 0.3) is 0 Å². The number of halogens is 2. The molecule has 0 aliphatic heterocycles. The maximum atomic E-state index is 14.5. The summed E-state index contributed by atoms with van der Waals surface area (Å²) in [6.45, 7) is 3.03. The van der Waals surface area contributed by atoms with Crippen molar-refractivity contribution in [1.82, 2.24) is 14.9 Å². The topological polar surface area (TPSA) is 52.3 Å². The van der Waals surface area contributed by atoms with Gasteiger partial charge in [0.2, 0.25) is 0 Å². The number of aromatic nitrogens is 3. The van der Waals surface area contributed by atoms with E-state index in [-0.39, 0.29) is 12.3 Å². The SMILES string of the molecule is C=Nn1nc2c(c1C(F)(F)OCc1ccccn1)CCCC2. The number of fused-ring (bicyclic) bond motifs is 1. The Balaban J connectivity index is 1.88. The maximum absolute atomic E-state index is 14.5. The fraction of sp³-hybridized carbons (Fsp3) is 0.400. The predicted octanol–water partition coefficient (Wildman–Crippen LogP) is 2.89. The van der Waals surface area contributed by atoms with Gasteiger partial charge in [0.05, 0.1) is 18.0 Å². The van der Waals surface area contributed by atoms with Gasteiger partial charge >= 0.3 is 6.11 Å². The second kappa shape index (κ2) is 5.92. The number of hydrogen-bond acceptors (Lipinski definition) is 4. The van der Waals surface area contributed by atoms with Crippen LogP contribution in [0.3, 0.4) is 0 Å². The van der Waals surface area contributed by atoms with Crippen LogP contribution in [0, 0.1) is 0 Å². The van der Waals surface area contributed by atoms with Gasteiger partial charge in [-0.2, -0.15) is 19.0 Å². The lowest BCUT2D eigenvalue weighted by Crippen LogP contribution is -2.24. The Kier molecular flexibility index (Phi) is 3.98. The monoisotopic (exact) mass is 306 g/mol. The molecule has 7 heteroatoms. The molecule has 5 nitrogen and oxygen atoms in total. The highest BCUT2D eigenvalue weighted by Gasteiger charge is 2.42. The zero-order chi connectivity index (χ0) is 15.6. The summed E-state index contributed by atoms with van der Waals surface area (Å²) in [4.78, 5) is 4.87. The van der Waals surface area contributed by atoms with E-state index < -0.39 is 6.11 Å². The Bertz CT molecular complexity index is 670. The van der Waals surface area contributed by atoms with Gasteiger partial charge < -0.3 is 4.74 Å². The highest BCUT2D eigenvalue weighted by atomic mass is 19.3. The number of nitrogens with zero attached hydrogens (tertiary/aromatic N) is 4. The molecule has 0 saturated heterocycles. The molecule has 1 aliphatic rings. The minimum atomic E-state index is -3.49. The quantitative estimate of drug-likeness (QED) is 0.798. The number of aryl methyl sites for hydroxylation is 1. The number of ether oxygens (including phenoxy) is 1. The van der Waals surface area contributed by atoms with E-state index in [0.29, 0.717) is 29.8 Å². The third-order valence-corrected chi connectivity index (χ3v) is 3.68. The van der Waals surface area contributed by atoms with E-state index >= 15 is 0 Å². The Morgan fingerprint density at radius 1 is 1.32 bits per heavy atom. The van der Waals surface area contributed by atoms with Gasteiger partial charge in [-0.15, -0.1) is 4.79 Å². The molecule has 116 valence electrons. The number of alkyl halides is 2. The van der Waals surface area contributed by atoms with Gasteiger partial charge in [0.1, 0.15) is 0 Å². The normalized spacial score (nSPS) is 14.6. The van der Waals surface area contributed by atoms with Crippen molar-refractivity contribution in [1.29, 1.82) is 0 Å². The van der Waals surface area contributed by atoms with Crippen LogP contribution in [-0.2, 0) is 30.3 Å². The lowest BCUT2D eigenvalue weighted by atomic mass is 9.95. The molecule has 0 aromatic carbocycles. The Hall–Kier alpha value is -2.15. The lowest BCUT2D eigenvalue weighted by molar-refractivity contribution is -0.261. The molecule has 1 aliphatic carbocycles. The van der Waals surface area contributed by atoms with E-state index in [9.17, 15) is 8.78 Å². The summed E-state index contributed by atoms with van der Waals surface area (Å²) in [6, 6.07) is 5.07. The second-order valence-electron chi connectivity index (χ2n) is 5.14. The minimum absolute atomic E-state index is 0.287. The maximum Gasteiger partial charge on any atom is 0.402 e. The summed E-state index contributed by atoms with van der Waals surface area (Å²) in [7, 11) is 0. The van der Waals surface area contributed by atoms with Crippen molar-refractivity contribution in [3.63, 3.8) is 0 Å². The van der Waals surface area contributed by atoms with E-state index in [1.165, 1.54) is 6.20 Å². The summed E-state index contributed by atoms with van der Waals surface area (Å²) in [5, 5.41) is 7.68. The van der Waals surface area contributed by atoms with Crippen molar-refractivity contribution in [2.45, 2.75) is 38.4 Å². The van der Waals surface area contributed by atoms with Crippen LogP contribution in [0.5, 0.6) is 0 Å². The zero-order valence-electron chi connectivity index (χ0n) is 12.0. The molecular formula is C15H16F2N4O. The van der Waals surface area contributed by atoms with E-state index in [1.54, 1.807) is 18.2 Å². The van der Waals surface area contributed by atoms with Gasteiger partial charge in [-0.25, -0.2) is 0 Å². The summed E-state index contributed by atoms with van der Waals surface area (Å²) in [6.07, 6.45) is 1.09. The third kappa shape index (κ3) is 2.76. The van der Waals surface area contributed by atoms with Crippen LogP contribution < -0.4 is 0 Å². The van der Waals surface area contributed by atoms with E-state index in [1.807, 2.05) is 0 Å². The highest BCUT2D eigenvalue weighted by molar-refractivity contribution is 5.32. The van der Waals surface area contributed by atoms with Gasteiger partial charge in [-0.05, 0) is 37.8 Å². The Labute approximate surface area is 126 Å². The molecule has 2 aromatic heterocycles. The molecule has 0 saturated carbocycles.